The van der Waals surface area contributed by atoms with Crippen LogP contribution in [0.4, 0.5) is 5.69 Å². The Morgan fingerprint density at radius 3 is 2.53 bits per heavy atom. The van der Waals surface area contributed by atoms with E-state index in [1.807, 2.05) is 30.3 Å². The third-order valence-electron chi connectivity index (χ3n) is 2.63. The first kappa shape index (κ1) is 14.1. The third kappa shape index (κ3) is 3.56. The molecule has 98 valence electrons. The molecule has 1 amide bonds. The molecule has 0 aliphatic rings. The molecule has 19 heavy (non-hydrogen) atoms. The minimum Gasteiger partial charge on any atom is -0.323 e. The molecule has 2 aromatic carbocycles. The fourth-order valence-electron chi connectivity index (χ4n) is 1.61. The van der Waals surface area contributed by atoms with Gasteiger partial charge in [0.2, 0.25) is 5.91 Å². The Morgan fingerprint density at radius 2 is 1.89 bits per heavy atom. The highest BCUT2D eigenvalue weighted by atomic mass is 79.9. The van der Waals surface area contributed by atoms with Gasteiger partial charge in [-0.2, -0.15) is 0 Å². The lowest BCUT2D eigenvalue weighted by Gasteiger charge is -2.13. The molecule has 3 nitrogen and oxygen atoms in total. The van der Waals surface area contributed by atoms with Crippen LogP contribution >= 0.6 is 27.5 Å². The lowest BCUT2D eigenvalue weighted by atomic mass is 10.1. The van der Waals surface area contributed by atoms with Crippen LogP contribution in [-0.2, 0) is 4.79 Å². The molecule has 0 aromatic heterocycles. The van der Waals surface area contributed by atoms with Gasteiger partial charge in [-0.05, 0) is 39.7 Å². The summed E-state index contributed by atoms with van der Waals surface area (Å²) >= 11 is 9.19. The average Bonchev–Trinajstić information content (AvgIpc) is 2.42. The fourth-order valence-corrected chi connectivity index (χ4v) is 2.39. The molecule has 3 N–H and O–H groups in total. The smallest absolute Gasteiger partial charge is 0.245 e. The zero-order chi connectivity index (χ0) is 13.8. The van der Waals surface area contributed by atoms with E-state index in [1.165, 1.54) is 0 Å². The van der Waals surface area contributed by atoms with Gasteiger partial charge in [-0.15, -0.1) is 0 Å². The largest absolute Gasteiger partial charge is 0.323 e. The van der Waals surface area contributed by atoms with Crippen LogP contribution in [0.1, 0.15) is 11.6 Å². The van der Waals surface area contributed by atoms with Gasteiger partial charge >= 0.3 is 0 Å². The molecule has 0 radical (unpaired) electrons. The van der Waals surface area contributed by atoms with E-state index in [-0.39, 0.29) is 5.91 Å². The number of carbonyl (C=O) groups is 1. The Labute approximate surface area is 124 Å². The van der Waals surface area contributed by atoms with E-state index in [0.29, 0.717) is 15.2 Å². The van der Waals surface area contributed by atoms with Gasteiger partial charge in [0.05, 0.1) is 5.69 Å². The summed E-state index contributed by atoms with van der Waals surface area (Å²) in [6.07, 6.45) is 0. The number of anilines is 1. The van der Waals surface area contributed by atoms with Crippen molar-refractivity contribution >= 4 is 39.1 Å². The second-order valence-corrected chi connectivity index (χ2v) is 5.29. The topological polar surface area (TPSA) is 55.1 Å². The molecule has 0 aliphatic heterocycles. The number of halogens is 2. The van der Waals surface area contributed by atoms with Gasteiger partial charge in [0.15, 0.2) is 0 Å². The summed E-state index contributed by atoms with van der Waals surface area (Å²) < 4.78 is 0.716. The molecular weight excluding hydrogens is 328 g/mol. The average molecular weight is 340 g/mol. The van der Waals surface area contributed by atoms with E-state index in [9.17, 15) is 4.79 Å². The number of amides is 1. The molecule has 0 bridgehead atoms. The Morgan fingerprint density at radius 1 is 1.21 bits per heavy atom. The van der Waals surface area contributed by atoms with E-state index in [0.717, 1.165) is 5.56 Å². The maximum atomic E-state index is 12.1. The Kier molecular flexibility index (Phi) is 4.58. The van der Waals surface area contributed by atoms with Crippen molar-refractivity contribution in [2.24, 2.45) is 5.73 Å². The SMILES string of the molecule is N[C@@H](C(=O)Nc1ccc(Cl)cc1Br)c1ccccc1. The predicted octanol–water partition coefficient (Wildman–Crippen LogP) is 3.74. The van der Waals surface area contributed by atoms with Crippen LogP contribution in [0.2, 0.25) is 5.02 Å². The highest BCUT2D eigenvalue weighted by molar-refractivity contribution is 9.10. The van der Waals surface area contributed by atoms with Crippen molar-refractivity contribution < 1.29 is 4.79 Å². The highest BCUT2D eigenvalue weighted by Gasteiger charge is 2.16. The first-order valence-corrected chi connectivity index (χ1v) is 6.81. The van der Waals surface area contributed by atoms with Crippen molar-refractivity contribution in [2.75, 3.05) is 5.32 Å². The predicted molar refractivity (Wildman–Crippen MR) is 81.2 cm³/mol. The zero-order valence-corrected chi connectivity index (χ0v) is 12.3. The van der Waals surface area contributed by atoms with Crippen LogP contribution in [0.15, 0.2) is 53.0 Å². The quantitative estimate of drug-likeness (QED) is 0.895. The monoisotopic (exact) mass is 338 g/mol. The van der Waals surface area contributed by atoms with Crippen LogP contribution in [0.3, 0.4) is 0 Å². The number of nitrogens with two attached hydrogens (primary N) is 1. The molecule has 0 saturated heterocycles. The van der Waals surface area contributed by atoms with Crippen molar-refractivity contribution in [3.63, 3.8) is 0 Å². The molecule has 0 unspecified atom stereocenters. The molecule has 5 heteroatoms. The van der Waals surface area contributed by atoms with E-state index in [4.69, 9.17) is 17.3 Å². The number of nitrogens with one attached hydrogen (secondary N) is 1. The maximum Gasteiger partial charge on any atom is 0.245 e. The zero-order valence-electron chi connectivity index (χ0n) is 9.94. The van der Waals surface area contributed by atoms with E-state index in [1.54, 1.807) is 18.2 Å². The summed E-state index contributed by atoms with van der Waals surface area (Å²) in [5.41, 5.74) is 7.32. The number of rotatable bonds is 3. The van der Waals surface area contributed by atoms with Gasteiger partial charge < -0.3 is 11.1 Å². The van der Waals surface area contributed by atoms with Crippen LogP contribution < -0.4 is 11.1 Å². The summed E-state index contributed by atoms with van der Waals surface area (Å²) in [6, 6.07) is 13.7. The van der Waals surface area contributed by atoms with E-state index < -0.39 is 6.04 Å². The van der Waals surface area contributed by atoms with Crippen molar-refractivity contribution in [3.8, 4) is 0 Å². The molecule has 0 spiro atoms. The van der Waals surface area contributed by atoms with Crippen LogP contribution in [0.25, 0.3) is 0 Å². The van der Waals surface area contributed by atoms with Gasteiger partial charge in [0.1, 0.15) is 6.04 Å². The third-order valence-corrected chi connectivity index (χ3v) is 3.52. The molecule has 2 aromatic rings. The summed E-state index contributed by atoms with van der Waals surface area (Å²) in [6.45, 7) is 0. The van der Waals surface area contributed by atoms with Crippen LogP contribution in [0, 0.1) is 0 Å². The summed E-state index contributed by atoms with van der Waals surface area (Å²) in [5, 5.41) is 3.36. The molecule has 1 atom stereocenters. The van der Waals surface area contributed by atoms with Crippen molar-refractivity contribution in [1.29, 1.82) is 0 Å². The summed E-state index contributed by atoms with van der Waals surface area (Å²) in [4.78, 5) is 12.1. The standard InChI is InChI=1S/C14H12BrClN2O/c15-11-8-10(16)6-7-12(11)18-14(19)13(17)9-4-2-1-3-5-9/h1-8,13H,17H2,(H,18,19)/t13-/m1/s1. The first-order valence-electron chi connectivity index (χ1n) is 5.64. The van der Waals surface area contributed by atoms with Crippen molar-refractivity contribution in [2.45, 2.75) is 6.04 Å². The number of hydrogen-bond acceptors (Lipinski definition) is 2. The molecule has 0 aliphatic carbocycles. The van der Waals surface area contributed by atoms with Gasteiger partial charge in [-0.1, -0.05) is 41.9 Å². The summed E-state index contributed by atoms with van der Waals surface area (Å²) in [7, 11) is 0. The molecule has 0 heterocycles. The fraction of sp³-hybridized carbons (Fsp3) is 0.0714. The number of carbonyl (C=O) groups excluding carboxylic acids is 1. The van der Waals surface area contributed by atoms with Crippen molar-refractivity contribution in [1.82, 2.24) is 0 Å². The highest BCUT2D eigenvalue weighted by Crippen LogP contribution is 2.26. The number of hydrogen-bond donors (Lipinski definition) is 2. The minimum absolute atomic E-state index is 0.269. The first-order chi connectivity index (χ1) is 9.08. The van der Waals surface area contributed by atoms with E-state index in [2.05, 4.69) is 21.2 Å². The molecule has 0 fully saturated rings. The Balaban J connectivity index is 2.13. The van der Waals surface area contributed by atoms with Gasteiger partial charge in [0.25, 0.3) is 0 Å². The van der Waals surface area contributed by atoms with Gasteiger partial charge in [0, 0.05) is 9.50 Å². The molecular formula is C14H12BrClN2O. The molecule has 2 rings (SSSR count). The summed E-state index contributed by atoms with van der Waals surface area (Å²) in [5.74, 6) is -0.269. The van der Waals surface area contributed by atoms with Crippen LogP contribution in [-0.4, -0.2) is 5.91 Å². The second kappa shape index (κ2) is 6.19. The normalized spacial score (nSPS) is 11.9. The lowest BCUT2D eigenvalue weighted by molar-refractivity contribution is -0.117. The van der Waals surface area contributed by atoms with E-state index >= 15 is 0 Å². The number of benzene rings is 2. The Hall–Kier alpha value is -1.36. The maximum absolute atomic E-state index is 12.1. The second-order valence-electron chi connectivity index (χ2n) is 4.00. The lowest BCUT2D eigenvalue weighted by Crippen LogP contribution is -2.27. The van der Waals surface area contributed by atoms with Crippen LogP contribution in [0.5, 0.6) is 0 Å². The molecule has 0 saturated carbocycles. The van der Waals surface area contributed by atoms with Gasteiger partial charge in [-0.3, -0.25) is 4.79 Å². The Bertz CT molecular complexity index is 589. The van der Waals surface area contributed by atoms with Crippen molar-refractivity contribution in [3.05, 3.63) is 63.6 Å². The minimum atomic E-state index is -0.705. The van der Waals surface area contributed by atoms with Gasteiger partial charge in [-0.25, -0.2) is 0 Å².